The van der Waals surface area contributed by atoms with Gasteiger partial charge >= 0.3 is 5.97 Å². The van der Waals surface area contributed by atoms with Crippen molar-refractivity contribution >= 4 is 102 Å². The molecule has 482 valence electrons. The topological polar surface area (TPSA) is 276 Å². The summed E-state index contributed by atoms with van der Waals surface area (Å²) in [7, 11) is 1.76. The van der Waals surface area contributed by atoms with Gasteiger partial charge in [-0.3, -0.25) is 45.5 Å². The van der Waals surface area contributed by atoms with Gasteiger partial charge in [0, 0.05) is 77.8 Å². The van der Waals surface area contributed by atoms with Crippen LogP contribution in [0.25, 0.3) is 10.2 Å². The largest absolute Gasteiger partial charge is 0.491 e. The smallest absolute Gasteiger partial charge is 0.355 e. The molecule has 1 aliphatic heterocycles. The molecule has 0 bridgehead atoms. The Bertz CT molecular complexity index is 3470. The number of carboxylic acid groups (broad SMARTS) is 1. The number of aryl methyl sites for hydroxylation is 2. The Kier molecular flexibility index (Phi) is 28.9. The zero-order valence-corrected chi connectivity index (χ0v) is 54.5. The predicted octanol–water partition coefficient (Wildman–Crippen LogP) is 9.78. The van der Waals surface area contributed by atoms with Crippen LogP contribution >= 0.6 is 22.7 Å². The summed E-state index contributed by atoms with van der Waals surface area (Å²) >= 11 is 2.78. The third-order valence-electron chi connectivity index (χ3n) is 13.5. The van der Waals surface area contributed by atoms with E-state index < -0.39 is 52.6 Å². The van der Waals surface area contributed by atoms with E-state index >= 15 is 0 Å². The fourth-order valence-electron chi connectivity index (χ4n) is 8.22. The number of nitrogens with zero attached hydrogens (tertiary/aromatic N) is 6. The Labute approximate surface area is 538 Å². The van der Waals surface area contributed by atoms with Crippen molar-refractivity contribution in [3.05, 3.63) is 147 Å². The van der Waals surface area contributed by atoms with Crippen LogP contribution < -0.4 is 36.2 Å². The fraction of sp³-hybridized carbons (Fsp3) is 0.359. The number of imide groups is 1. The van der Waals surface area contributed by atoms with E-state index in [1.807, 2.05) is 65.0 Å². The molecule has 0 radical (unpaired) electrons. The second-order valence-corrected chi connectivity index (χ2v) is 23.8. The predicted molar refractivity (Wildman–Crippen MR) is 343 cm³/mol. The fourth-order valence-corrected chi connectivity index (χ4v) is 10.1. The Morgan fingerprint density at radius 2 is 1.56 bits per heavy atom. The maximum atomic E-state index is 14.2. The number of amides is 6. The standard InChI is InChI=1S/C33H48N5O7.C29H24FN6O3S2.2CH3.Ni/c1-21(2)28(30(43)35-23(4)29(42)36-24-11-9-22(3)10-12-24)37-31(44)32(5,6)17-20-45-33(7,8)16-18-34-25(39)15-19-38-26(40)13-14-27(38)41;1-4-8-18-12-13-21(19(30)16-18)39-14-7-11-23-25(27(37)38)32-29(41-23)36(3)24-15-17(2)26(35-34-24)33-28-31-20-9-5-6-10-22(20)40-28;;;/h9-14,21,23,28H,3,15-20H2,1-2,4-8H3,(H,34,39)(H,35,43)(H,36,42)(H,37,44);5-6,9-10,12-13,15-16H,1,7,11,14H2,2-3H3,(H,37,38)(H,31,33,35);2*1H3;/q4*-1;/t23-,28-;;;;/m0..../s1. The molecule has 6 amide bonds. The number of rotatable bonds is 27. The van der Waals surface area contributed by atoms with Gasteiger partial charge in [0.2, 0.25) is 23.6 Å². The number of halogens is 1. The van der Waals surface area contributed by atoms with Gasteiger partial charge in [-0.05, 0) is 95.2 Å². The first-order valence-corrected chi connectivity index (χ1v) is 29.3. The second-order valence-electron chi connectivity index (χ2n) is 21.7. The van der Waals surface area contributed by atoms with Crippen LogP contribution in [0.5, 0.6) is 5.75 Å². The molecule has 6 aromatic rings. The number of aromatic nitrogens is 4. The van der Waals surface area contributed by atoms with Crippen LogP contribution in [-0.2, 0) is 56.4 Å². The number of fused-ring (bicyclic) bond motifs is 1. The first-order chi connectivity index (χ1) is 40.7. The minimum absolute atomic E-state index is 0. The second kappa shape index (κ2) is 34.4. The Hall–Kier alpha value is -8.43. The number of para-hydroxylation sites is 1. The molecule has 0 saturated carbocycles. The molecule has 0 unspecified atom stereocenters. The van der Waals surface area contributed by atoms with Crippen molar-refractivity contribution in [2.45, 2.75) is 105 Å². The summed E-state index contributed by atoms with van der Waals surface area (Å²) in [5.41, 5.74) is 2.16. The van der Waals surface area contributed by atoms with Crippen LogP contribution in [0.3, 0.4) is 0 Å². The molecule has 1 aliphatic rings. The van der Waals surface area contributed by atoms with Crippen LogP contribution in [0.15, 0.2) is 84.9 Å². The average Bonchev–Trinajstić information content (AvgIpc) is 3.53. The minimum Gasteiger partial charge on any atom is -0.491 e. The molecule has 7 rings (SSSR count). The third kappa shape index (κ3) is 22.0. The minimum atomic E-state index is -1.12. The SMILES string of the molecule is [CH2-]C#Cc1ccc(OCCCc2sc(N(C)c3cc(C)c(Nc4nc5ccccc5s4)nn3)nc2C(=O)O)c(F)c1.[CH2-]c1ccc(NC(=O)[C@H](C)NC(=O)[C@@H](NC(=O)C(C)(C)CCOC(C)(C)CCNC(=O)CCN2C(=O)C=CC2=O)C(C)C)cc1.[CH3-].[CH3-].[Ni]. The number of ether oxygens (including phenoxy) is 2. The zero-order valence-electron chi connectivity index (χ0n) is 51.9. The van der Waals surface area contributed by atoms with Gasteiger partial charge in [-0.15, -0.1) is 21.5 Å². The molecule has 21 nitrogen and oxygen atoms in total. The number of hydrogen-bond acceptors (Lipinski definition) is 17. The van der Waals surface area contributed by atoms with Crippen molar-refractivity contribution in [3.63, 3.8) is 0 Å². The summed E-state index contributed by atoms with van der Waals surface area (Å²) in [4.78, 5) is 98.4. The number of carbonyl (C=O) groups is 7. The van der Waals surface area contributed by atoms with Crippen LogP contribution in [0, 0.1) is 64.6 Å². The third-order valence-corrected chi connectivity index (χ3v) is 15.7. The van der Waals surface area contributed by atoms with Crippen LogP contribution in [-0.4, -0.2) is 123 Å². The van der Waals surface area contributed by atoms with Crippen molar-refractivity contribution < 1.29 is 69.0 Å². The maximum absolute atomic E-state index is 14.2. The average molecular weight is 1300 g/mol. The molecular formula is C64H78FN11NiO10S2-4. The molecule has 89 heavy (non-hydrogen) atoms. The van der Waals surface area contributed by atoms with Crippen molar-refractivity contribution in [1.82, 2.24) is 41.0 Å². The van der Waals surface area contributed by atoms with Crippen molar-refractivity contribution in [2.24, 2.45) is 11.3 Å². The van der Waals surface area contributed by atoms with Gasteiger partial charge in [-0.1, -0.05) is 74.9 Å². The molecule has 25 heteroatoms. The number of benzene rings is 3. The van der Waals surface area contributed by atoms with Gasteiger partial charge in [0.25, 0.3) is 11.8 Å². The number of carboxylic acids is 1. The van der Waals surface area contributed by atoms with Gasteiger partial charge in [0.15, 0.2) is 39.2 Å². The summed E-state index contributed by atoms with van der Waals surface area (Å²) in [5.74, 6) is 2.20. The summed E-state index contributed by atoms with van der Waals surface area (Å²) in [6.45, 7) is 22.5. The number of carbonyl (C=O) groups excluding carboxylic acids is 6. The number of nitrogens with one attached hydrogen (secondary N) is 5. The van der Waals surface area contributed by atoms with Gasteiger partial charge in [-0.25, -0.2) is 19.2 Å². The van der Waals surface area contributed by atoms with Crippen LogP contribution in [0.1, 0.15) is 106 Å². The van der Waals surface area contributed by atoms with E-state index in [1.54, 1.807) is 63.1 Å². The first-order valence-electron chi connectivity index (χ1n) is 27.7. The van der Waals surface area contributed by atoms with Crippen molar-refractivity contribution in [3.8, 4) is 17.6 Å². The van der Waals surface area contributed by atoms with Gasteiger partial charge in [-0.2, -0.15) is 31.5 Å². The normalized spacial score (nSPS) is 12.4. The quantitative estimate of drug-likeness (QED) is 0.00920. The van der Waals surface area contributed by atoms with Gasteiger partial charge < -0.3 is 60.9 Å². The summed E-state index contributed by atoms with van der Waals surface area (Å²) < 4.78 is 26.9. The number of anilines is 5. The number of hydrogen-bond donors (Lipinski definition) is 6. The molecule has 3 aromatic carbocycles. The molecule has 0 aliphatic carbocycles. The van der Waals surface area contributed by atoms with E-state index in [2.05, 4.69) is 72.4 Å². The van der Waals surface area contributed by atoms with E-state index in [-0.39, 0.29) is 92.6 Å². The maximum Gasteiger partial charge on any atom is 0.355 e. The summed E-state index contributed by atoms with van der Waals surface area (Å²) in [6, 6.07) is 19.5. The molecule has 0 spiro atoms. The van der Waals surface area contributed by atoms with Gasteiger partial charge in [0.05, 0.1) is 22.4 Å². The monoisotopic (exact) mass is 1300 g/mol. The van der Waals surface area contributed by atoms with Crippen LogP contribution in [0.2, 0.25) is 0 Å². The van der Waals surface area contributed by atoms with Crippen LogP contribution in [0.4, 0.5) is 32.0 Å². The van der Waals surface area contributed by atoms with E-state index in [4.69, 9.17) is 9.47 Å². The summed E-state index contributed by atoms with van der Waals surface area (Å²) in [5, 5.41) is 33.9. The molecule has 6 N–H and O–H groups in total. The van der Waals surface area contributed by atoms with Crippen molar-refractivity contribution in [2.75, 3.05) is 48.9 Å². The Morgan fingerprint density at radius 3 is 2.19 bits per heavy atom. The molecule has 2 atom stereocenters. The summed E-state index contributed by atoms with van der Waals surface area (Å²) in [6.07, 6.45) is 4.11. The van der Waals surface area contributed by atoms with Crippen molar-refractivity contribution in [1.29, 1.82) is 0 Å². The first kappa shape index (κ1) is 74.8. The molecule has 0 fully saturated rings. The zero-order chi connectivity index (χ0) is 62.9. The molecule has 0 saturated heterocycles. The van der Waals surface area contributed by atoms with E-state index in [9.17, 15) is 43.1 Å². The van der Waals surface area contributed by atoms with E-state index in [0.29, 0.717) is 70.3 Å². The molecule has 3 aromatic heterocycles. The molecular weight excluding hydrogens is 1220 g/mol. The Morgan fingerprint density at radius 1 is 0.876 bits per heavy atom. The Balaban J connectivity index is 0.000000451. The van der Waals surface area contributed by atoms with E-state index in [0.717, 1.165) is 26.2 Å². The number of aromatic carboxylic acids is 1. The molecule has 4 heterocycles. The van der Waals surface area contributed by atoms with E-state index in [1.165, 1.54) is 47.0 Å². The van der Waals surface area contributed by atoms with Gasteiger partial charge in [0.1, 0.15) is 12.1 Å². The number of thiazole rings is 2.